The summed E-state index contributed by atoms with van der Waals surface area (Å²) >= 11 is 15.4. The fraction of sp³-hybridized carbons (Fsp3) is 0. The van der Waals surface area contributed by atoms with Crippen LogP contribution in [0.15, 0.2) is 132 Å². The summed E-state index contributed by atoms with van der Waals surface area (Å²) in [5, 5.41) is 11.6. The molecule has 43 heavy (non-hydrogen) atoms. The molecule has 0 N–H and O–H groups in total. The molecule has 0 atom stereocenters. The zero-order valence-corrected chi connectivity index (χ0v) is 28.0. The van der Waals surface area contributed by atoms with Crippen LogP contribution in [-0.4, -0.2) is 15.0 Å². The van der Waals surface area contributed by atoms with Gasteiger partial charge in [0.2, 0.25) is 0 Å². The smallest absolute Gasteiger partial charge is 0.305 e. The maximum absolute atomic E-state index is 6.20. The molecule has 0 saturated carbocycles. The first-order valence-electron chi connectivity index (χ1n) is 12.8. The fourth-order valence-corrected chi connectivity index (χ4v) is 5.32. The Morgan fingerprint density at radius 3 is 1.51 bits per heavy atom. The van der Waals surface area contributed by atoms with Crippen molar-refractivity contribution in [3.8, 4) is 44.9 Å². The molecule has 0 amide bonds. The van der Waals surface area contributed by atoms with Crippen molar-refractivity contribution in [2.75, 3.05) is 0 Å². The second kappa shape index (κ2) is 17.0. The molecular weight excluding hydrogens is 790 g/mol. The van der Waals surface area contributed by atoms with Crippen LogP contribution in [0.2, 0.25) is 10.0 Å². The van der Waals surface area contributed by atoms with Gasteiger partial charge in [0.25, 0.3) is 0 Å². The number of hydrogen-bond donors (Lipinski definition) is 0. The van der Waals surface area contributed by atoms with Crippen molar-refractivity contribution in [3.63, 3.8) is 0 Å². The first kappa shape index (κ1) is 32.4. The Labute approximate surface area is 283 Å². The van der Waals surface area contributed by atoms with E-state index in [1.54, 1.807) is 53.4 Å². The molecule has 0 unspecified atom stereocenters. The van der Waals surface area contributed by atoms with Gasteiger partial charge in [-0.3, -0.25) is 22.7 Å². The molecule has 0 aliphatic heterocycles. The standard InChI is InChI=1S/C17H10Cl2N.2C9H6NS.Ir/c18-14-8-9-16(19)15(11-14)12-4-6-13(7-5-12)17-3-1-2-10-20-17;2*1-2-5-10-9(3-1)8-4-6-11-7-8;/h1-6,8-11H;2*1-6H;/q3*-1;+3. The van der Waals surface area contributed by atoms with Crippen LogP contribution >= 0.6 is 45.9 Å². The van der Waals surface area contributed by atoms with Gasteiger partial charge in [0.1, 0.15) is 0 Å². The summed E-state index contributed by atoms with van der Waals surface area (Å²) in [5.41, 5.74) is 7.89. The van der Waals surface area contributed by atoms with E-state index in [2.05, 4.69) is 31.8 Å². The molecule has 0 fully saturated rings. The second-order valence-corrected chi connectivity index (χ2v) is 10.9. The third kappa shape index (κ3) is 9.50. The third-order valence-electron chi connectivity index (χ3n) is 5.82. The Balaban J connectivity index is 0.000000157. The van der Waals surface area contributed by atoms with Crippen LogP contribution in [0.5, 0.6) is 0 Å². The van der Waals surface area contributed by atoms with E-state index < -0.39 is 0 Å². The van der Waals surface area contributed by atoms with Crippen molar-refractivity contribution >= 4 is 45.9 Å². The summed E-state index contributed by atoms with van der Waals surface area (Å²) in [6.07, 6.45) is 5.35. The van der Waals surface area contributed by atoms with Gasteiger partial charge < -0.3 is 15.0 Å². The van der Waals surface area contributed by atoms with Gasteiger partial charge in [-0.1, -0.05) is 75.9 Å². The Hall–Kier alpha value is -3.48. The molecule has 0 bridgehead atoms. The van der Waals surface area contributed by atoms with Crippen LogP contribution in [0, 0.1) is 16.8 Å². The third-order valence-corrected chi connectivity index (χ3v) is 7.60. The Bertz CT molecular complexity index is 1700. The Morgan fingerprint density at radius 2 is 1.09 bits per heavy atom. The van der Waals surface area contributed by atoms with Gasteiger partial charge in [0.15, 0.2) is 0 Å². The van der Waals surface area contributed by atoms with Crippen molar-refractivity contribution < 1.29 is 20.1 Å². The average Bonchev–Trinajstić information content (AvgIpc) is 3.80. The van der Waals surface area contributed by atoms with Gasteiger partial charge in [0, 0.05) is 28.6 Å². The second-order valence-electron chi connectivity index (χ2n) is 8.63. The van der Waals surface area contributed by atoms with Crippen molar-refractivity contribution in [2.45, 2.75) is 0 Å². The van der Waals surface area contributed by atoms with Gasteiger partial charge in [-0.2, -0.15) is 12.1 Å². The maximum atomic E-state index is 6.20. The van der Waals surface area contributed by atoms with Crippen molar-refractivity contribution in [3.05, 3.63) is 159 Å². The van der Waals surface area contributed by atoms with Crippen molar-refractivity contribution in [1.29, 1.82) is 0 Å². The molecule has 5 heterocycles. The monoisotopic (exact) mass is 811 g/mol. The van der Waals surface area contributed by atoms with Gasteiger partial charge in [0.05, 0.1) is 0 Å². The molecule has 0 radical (unpaired) electrons. The summed E-state index contributed by atoms with van der Waals surface area (Å²) in [6.45, 7) is 0. The number of pyridine rings is 3. The fourth-order valence-electron chi connectivity index (χ4n) is 3.78. The first-order valence-corrected chi connectivity index (χ1v) is 15.3. The zero-order valence-electron chi connectivity index (χ0n) is 22.4. The molecule has 0 aliphatic carbocycles. The Kier molecular flexibility index (Phi) is 12.8. The number of hydrogen-bond acceptors (Lipinski definition) is 5. The molecule has 5 aromatic heterocycles. The Morgan fingerprint density at radius 1 is 0.558 bits per heavy atom. The van der Waals surface area contributed by atoms with E-state index in [1.807, 2.05) is 102 Å². The molecular formula is C35H22Cl2IrN3S2. The molecule has 3 nitrogen and oxygen atoms in total. The van der Waals surface area contributed by atoms with E-state index in [-0.39, 0.29) is 20.1 Å². The van der Waals surface area contributed by atoms with Crippen molar-refractivity contribution in [1.82, 2.24) is 15.0 Å². The van der Waals surface area contributed by atoms with Crippen LogP contribution < -0.4 is 0 Å². The summed E-state index contributed by atoms with van der Waals surface area (Å²) in [6, 6.07) is 36.1. The van der Waals surface area contributed by atoms with E-state index in [9.17, 15) is 0 Å². The molecule has 2 aromatic carbocycles. The van der Waals surface area contributed by atoms with E-state index in [0.29, 0.717) is 10.0 Å². The van der Waals surface area contributed by atoms with Crippen LogP contribution in [0.25, 0.3) is 44.9 Å². The summed E-state index contributed by atoms with van der Waals surface area (Å²) in [5.74, 6) is 0. The number of rotatable bonds is 4. The summed E-state index contributed by atoms with van der Waals surface area (Å²) in [4.78, 5) is 12.7. The van der Waals surface area contributed by atoms with Crippen LogP contribution in [0.1, 0.15) is 0 Å². The molecule has 7 rings (SSSR count). The predicted octanol–water partition coefficient (Wildman–Crippen LogP) is 10.7. The number of halogens is 2. The van der Waals surface area contributed by atoms with E-state index in [0.717, 1.165) is 44.9 Å². The number of nitrogens with zero attached hydrogens (tertiary/aromatic N) is 3. The zero-order chi connectivity index (χ0) is 29.0. The van der Waals surface area contributed by atoms with Gasteiger partial charge >= 0.3 is 20.1 Å². The van der Waals surface area contributed by atoms with E-state index in [1.165, 1.54) is 0 Å². The molecule has 8 heteroatoms. The number of thiophene rings is 2. The van der Waals surface area contributed by atoms with Crippen LogP contribution in [0.3, 0.4) is 0 Å². The predicted molar refractivity (Wildman–Crippen MR) is 177 cm³/mol. The quantitative estimate of drug-likeness (QED) is 0.166. The van der Waals surface area contributed by atoms with Crippen LogP contribution in [-0.2, 0) is 20.1 Å². The van der Waals surface area contributed by atoms with E-state index >= 15 is 0 Å². The summed E-state index contributed by atoms with van der Waals surface area (Å²) < 4.78 is 0. The maximum Gasteiger partial charge on any atom is 3.00 e. The average molecular weight is 812 g/mol. The number of aromatic nitrogens is 3. The molecule has 212 valence electrons. The van der Waals surface area contributed by atoms with Crippen LogP contribution in [0.4, 0.5) is 0 Å². The number of benzene rings is 2. The van der Waals surface area contributed by atoms with Gasteiger partial charge in [-0.15, -0.1) is 51.7 Å². The topological polar surface area (TPSA) is 38.7 Å². The van der Waals surface area contributed by atoms with Gasteiger partial charge in [-0.25, -0.2) is 0 Å². The molecule has 7 aromatic rings. The molecule has 0 spiro atoms. The van der Waals surface area contributed by atoms with E-state index in [4.69, 9.17) is 23.2 Å². The SMILES string of the molecule is Clc1ccc(Cl)c(-c2c[c-]c(-c3ccccn3)cc2)c1.[Ir+3].[c-]1sccc1-c1ccccn1.[c-]1sccc1-c1ccccn1. The van der Waals surface area contributed by atoms with Crippen molar-refractivity contribution in [2.24, 2.45) is 0 Å². The minimum Gasteiger partial charge on any atom is -0.305 e. The molecule has 0 saturated heterocycles. The normalized spacial score (nSPS) is 9.91. The first-order chi connectivity index (χ1) is 20.7. The minimum absolute atomic E-state index is 0. The van der Waals surface area contributed by atoms with Gasteiger partial charge in [-0.05, 0) is 59.0 Å². The summed E-state index contributed by atoms with van der Waals surface area (Å²) in [7, 11) is 0. The largest absolute Gasteiger partial charge is 3.00 e. The minimum atomic E-state index is 0. The molecule has 0 aliphatic rings.